The molecule has 0 aliphatic rings. The molecule has 0 fully saturated rings. The van der Waals surface area contributed by atoms with Gasteiger partial charge in [0.2, 0.25) is 21.8 Å². The van der Waals surface area contributed by atoms with E-state index in [1.54, 1.807) is 65.1 Å². The smallest absolute Gasteiger partial charge is 0.244 e. The molecule has 180 valence electrons. The molecule has 2 rings (SSSR count). The molecule has 9 heteroatoms. The summed E-state index contributed by atoms with van der Waals surface area (Å²) < 4.78 is 31.8. The minimum Gasteiger partial charge on any atom is -0.497 e. The molecule has 1 N–H and O–H groups in total. The van der Waals surface area contributed by atoms with Crippen LogP contribution in [0.25, 0.3) is 0 Å². The van der Waals surface area contributed by atoms with Gasteiger partial charge in [0.1, 0.15) is 18.3 Å². The van der Waals surface area contributed by atoms with Gasteiger partial charge in [-0.2, -0.15) is 0 Å². The molecule has 33 heavy (non-hydrogen) atoms. The van der Waals surface area contributed by atoms with Crippen LogP contribution in [0.1, 0.15) is 30.5 Å². The number of para-hydroxylation sites is 1. The van der Waals surface area contributed by atoms with Crippen molar-refractivity contribution in [2.75, 3.05) is 30.8 Å². The first-order chi connectivity index (χ1) is 15.5. The number of carbonyl (C=O) groups is 2. The fourth-order valence-corrected chi connectivity index (χ4v) is 4.61. The van der Waals surface area contributed by atoms with Crippen LogP contribution in [-0.4, -0.2) is 57.6 Å². The van der Waals surface area contributed by atoms with Crippen LogP contribution >= 0.6 is 0 Å². The summed E-state index contributed by atoms with van der Waals surface area (Å²) in [6, 6.07) is 11.8. The first-order valence-corrected chi connectivity index (χ1v) is 12.6. The van der Waals surface area contributed by atoms with Gasteiger partial charge < -0.3 is 15.0 Å². The van der Waals surface area contributed by atoms with Crippen LogP contribution in [0.2, 0.25) is 0 Å². The number of amides is 2. The molecule has 0 radical (unpaired) electrons. The van der Waals surface area contributed by atoms with E-state index in [0.29, 0.717) is 18.0 Å². The lowest BCUT2D eigenvalue weighted by atomic mass is 10.1. The molecule has 0 aromatic heterocycles. The number of anilines is 1. The molecule has 0 spiro atoms. The number of methoxy groups -OCH3 is 1. The number of benzene rings is 2. The van der Waals surface area contributed by atoms with Crippen molar-refractivity contribution < 1.29 is 22.7 Å². The van der Waals surface area contributed by atoms with E-state index in [0.717, 1.165) is 27.3 Å². The van der Waals surface area contributed by atoms with Gasteiger partial charge in [0.05, 0.1) is 19.1 Å². The second-order valence-electron chi connectivity index (χ2n) is 7.95. The minimum atomic E-state index is -3.77. The molecule has 1 unspecified atom stereocenters. The molecule has 0 aliphatic heterocycles. The van der Waals surface area contributed by atoms with Crippen LogP contribution in [-0.2, 0) is 26.2 Å². The zero-order chi connectivity index (χ0) is 24.8. The van der Waals surface area contributed by atoms with Gasteiger partial charge in [-0.3, -0.25) is 13.9 Å². The second kappa shape index (κ2) is 11.2. The topological polar surface area (TPSA) is 96.0 Å². The summed E-state index contributed by atoms with van der Waals surface area (Å²) in [6.45, 7) is 7.16. The average molecular weight is 476 g/mol. The highest BCUT2D eigenvalue weighted by atomic mass is 32.2. The number of likely N-dealkylation sites (N-methyl/N-ethyl adjacent to an activating group) is 1. The molecular formula is C24H33N3O5S. The van der Waals surface area contributed by atoms with Crippen LogP contribution in [0.5, 0.6) is 5.75 Å². The Kier molecular flexibility index (Phi) is 8.87. The van der Waals surface area contributed by atoms with Crippen molar-refractivity contribution in [3.63, 3.8) is 0 Å². The summed E-state index contributed by atoms with van der Waals surface area (Å²) in [5, 5.41) is 2.73. The largest absolute Gasteiger partial charge is 0.497 e. The monoisotopic (exact) mass is 475 g/mol. The van der Waals surface area contributed by atoms with Gasteiger partial charge in [-0.15, -0.1) is 0 Å². The highest BCUT2D eigenvalue weighted by molar-refractivity contribution is 7.92. The van der Waals surface area contributed by atoms with Crippen molar-refractivity contribution in [3.05, 3.63) is 59.2 Å². The molecule has 0 saturated carbocycles. The van der Waals surface area contributed by atoms with Gasteiger partial charge in [-0.25, -0.2) is 8.42 Å². The number of aryl methyl sites for hydroxylation is 2. The van der Waals surface area contributed by atoms with E-state index in [2.05, 4.69) is 5.32 Å². The molecule has 0 aliphatic carbocycles. The van der Waals surface area contributed by atoms with Crippen molar-refractivity contribution >= 4 is 27.5 Å². The predicted molar refractivity (Wildman–Crippen MR) is 130 cm³/mol. The van der Waals surface area contributed by atoms with Crippen LogP contribution in [0.3, 0.4) is 0 Å². The molecule has 1 atom stereocenters. The van der Waals surface area contributed by atoms with Gasteiger partial charge in [-0.05, 0) is 56.5 Å². The second-order valence-corrected chi connectivity index (χ2v) is 9.86. The molecule has 2 aromatic rings. The lowest BCUT2D eigenvalue weighted by Crippen LogP contribution is -2.51. The van der Waals surface area contributed by atoms with Crippen LogP contribution in [0, 0.1) is 13.8 Å². The molecule has 8 nitrogen and oxygen atoms in total. The van der Waals surface area contributed by atoms with E-state index >= 15 is 0 Å². The van der Waals surface area contributed by atoms with Gasteiger partial charge in [0.25, 0.3) is 0 Å². The Morgan fingerprint density at radius 3 is 2.24 bits per heavy atom. The highest BCUT2D eigenvalue weighted by Crippen LogP contribution is 2.27. The van der Waals surface area contributed by atoms with Crippen molar-refractivity contribution in [3.8, 4) is 5.75 Å². The Morgan fingerprint density at radius 1 is 1.09 bits per heavy atom. The number of sulfonamides is 1. The Labute approximate surface area is 196 Å². The standard InChI is InChI=1S/C24H33N3O5S/c1-7-25-24(29)19(4)26(15-20-12-9-13-21(14-20)32-5)22(28)16-27(33(6,30)31)23-17(2)10-8-11-18(23)3/h8-14,19H,7,15-16H2,1-6H3,(H,25,29). The Morgan fingerprint density at radius 2 is 1.70 bits per heavy atom. The fraction of sp³-hybridized carbons (Fsp3) is 0.417. The summed E-state index contributed by atoms with van der Waals surface area (Å²) in [4.78, 5) is 27.5. The zero-order valence-corrected chi connectivity index (χ0v) is 20.9. The maximum absolute atomic E-state index is 13.5. The van der Waals surface area contributed by atoms with Gasteiger partial charge >= 0.3 is 0 Å². The Balaban J connectivity index is 2.45. The van der Waals surface area contributed by atoms with Crippen LogP contribution in [0.4, 0.5) is 5.69 Å². The normalized spacial score (nSPS) is 12.1. The van der Waals surface area contributed by atoms with Crippen LogP contribution in [0.15, 0.2) is 42.5 Å². The summed E-state index contributed by atoms with van der Waals surface area (Å²) in [5.74, 6) is -0.171. The van der Waals surface area contributed by atoms with Crippen molar-refractivity contribution in [2.24, 2.45) is 0 Å². The van der Waals surface area contributed by atoms with E-state index < -0.39 is 28.5 Å². The average Bonchev–Trinajstić information content (AvgIpc) is 2.75. The quantitative estimate of drug-likeness (QED) is 0.570. The molecule has 0 bridgehead atoms. The first kappa shape index (κ1) is 26.2. The maximum atomic E-state index is 13.5. The highest BCUT2D eigenvalue weighted by Gasteiger charge is 2.31. The Bertz CT molecular complexity index is 1080. The van der Waals surface area contributed by atoms with Crippen molar-refractivity contribution in [1.29, 1.82) is 0 Å². The number of nitrogens with zero attached hydrogens (tertiary/aromatic N) is 2. The number of carbonyl (C=O) groups excluding carboxylic acids is 2. The molecule has 2 aromatic carbocycles. The molecule has 0 saturated heterocycles. The minimum absolute atomic E-state index is 0.124. The Hall–Kier alpha value is -3.07. The summed E-state index contributed by atoms with van der Waals surface area (Å²) >= 11 is 0. The number of nitrogens with one attached hydrogen (secondary N) is 1. The van der Waals surface area contributed by atoms with Gasteiger partial charge in [-0.1, -0.05) is 30.3 Å². The zero-order valence-electron chi connectivity index (χ0n) is 20.1. The number of hydrogen-bond donors (Lipinski definition) is 1. The number of rotatable bonds is 10. The SMILES string of the molecule is CCNC(=O)C(C)N(Cc1cccc(OC)c1)C(=O)CN(c1c(C)cccc1C)S(C)(=O)=O. The number of ether oxygens (including phenoxy) is 1. The summed E-state index contributed by atoms with van der Waals surface area (Å²) in [7, 11) is -2.22. The molecular weight excluding hydrogens is 442 g/mol. The summed E-state index contributed by atoms with van der Waals surface area (Å²) in [6.07, 6.45) is 1.08. The van der Waals surface area contributed by atoms with Crippen LogP contribution < -0.4 is 14.4 Å². The van der Waals surface area contributed by atoms with Crippen molar-refractivity contribution in [1.82, 2.24) is 10.2 Å². The van der Waals surface area contributed by atoms with E-state index in [-0.39, 0.29) is 12.5 Å². The van der Waals surface area contributed by atoms with E-state index in [9.17, 15) is 18.0 Å². The van der Waals surface area contributed by atoms with Gasteiger partial charge in [0.15, 0.2) is 0 Å². The lowest BCUT2D eigenvalue weighted by Gasteiger charge is -2.32. The van der Waals surface area contributed by atoms with E-state index in [4.69, 9.17) is 4.74 Å². The molecule has 2 amide bonds. The number of hydrogen-bond acceptors (Lipinski definition) is 5. The van der Waals surface area contributed by atoms with Gasteiger partial charge in [0, 0.05) is 13.1 Å². The third kappa shape index (κ3) is 6.71. The lowest BCUT2D eigenvalue weighted by molar-refractivity contribution is -0.139. The summed E-state index contributed by atoms with van der Waals surface area (Å²) in [5.41, 5.74) is 2.71. The van der Waals surface area contributed by atoms with Crippen molar-refractivity contribution in [2.45, 2.75) is 40.3 Å². The maximum Gasteiger partial charge on any atom is 0.244 e. The molecule has 0 heterocycles. The predicted octanol–water partition coefficient (Wildman–Crippen LogP) is 2.63. The fourth-order valence-electron chi connectivity index (χ4n) is 3.65. The first-order valence-electron chi connectivity index (χ1n) is 10.7. The third-order valence-electron chi connectivity index (χ3n) is 5.37. The third-order valence-corrected chi connectivity index (χ3v) is 6.49. The van der Waals surface area contributed by atoms with E-state index in [1.807, 2.05) is 12.1 Å². The van der Waals surface area contributed by atoms with E-state index in [1.165, 1.54) is 4.90 Å².